The van der Waals surface area contributed by atoms with Gasteiger partial charge in [-0.2, -0.15) is 0 Å². The minimum atomic E-state index is -2.79. The highest BCUT2D eigenvalue weighted by atomic mass is 28.4. The summed E-state index contributed by atoms with van der Waals surface area (Å²) in [5.74, 6) is 0. The largest absolute Gasteiger partial charge is 0.410 e. The Hall–Kier alpha value is 0.0969. The molecule has 0 aliphatic rings. The lowest BCUT2D eigenvalue weighted by Crippen LogP contribution is -2.42. The second-order valence-electron chi connectivity index (χ2n) is 2.00. The molecule has 0 unspecified atom stereocenters. The van der Waals surface area contributed by atoms with Crippen molar-refractivity contribution in [2.45, 2.75) is 13.5 Å². The predicted molar refractivity (Wildman–Crippen MR) is 34.6 cm³/mol. The zero-order chi connectivity index (χ0) is 6.62. The van der Waals surface area contributed by atoms with Gasteiger partial charge in [-0.1, -0.05) is 6.92 Å². The third kappa shape index (κ3) is 6.10. The molecule has 0 saturated heterocycles. The smallest absolute Gasteiger partial charge is 0.343 e. The minimum Gasteiger partial charge on any atom is -0.410 e. The SMILES string of the molecule is CCNC[Si](C)(O)O. The van der Waals surface area contributed by atoms with Crippen molar-refractivity contribution in [2.24, 2.45) is 0 Å². The maximum absolute atomic E-state index is 8.78. The molecule has 8 heavy (non-hydrogen) atoms. The molecule has 0 aliphatic carbocycles. The van der Waals surface area contributed by atoms with Crippen LogP contribution in [0.3, 0.4) is 0 Å². The normalized spacial score (nSPS) is 12.0. The number of hydrogen-bond acceptors (Lipinski definition) is 3. The van der Waals surface area contributed by atoms with Crippen LogP contribution < -0.4 is 5.32 Å². The van der Waals surface area contributed by atoms with Gasteiger partial charge < -0.3 is 14.9 Å². The van der Waals surface area contributed by atoms with Gasteiger partial charge in [0.25, 0.3) is 0 Å². The van der Waals surface area contributed by atoms with Crippen LogP contribution in [0.2, 0.25) is 6.55 Å². The standard InChI is InChI=1S/C4H13NO2Si/c1-3-5-4-8(2,6)7/h5-7H,3-4H2,1-2H3. The average Bonchev–Trinajstić information content (AvgIpc) is 1.59. The van der Waals surface area contributed by atoms with E-state index in [1.165, 1.54) is 6.55 Å². The molecule has 0 heterocycles. The van der Waals surface area contributed by atoms with Crippen molar-refractivity contribution in [3.05, 3.63) is 0 Å². The number of hydrogen-bond donors (Lipinski definition) is 3. The summed E-state index contributed by atoms with van der Waals surface area (Å²) in [6.07, 6.45) is 0.365. The molecule has 0 amide bonds. The van der Waals surface area contributed by atoms with Gasteiger partial charge in [-0.25, -0.2) is 0 Å². The Labute approximate surface area is 50.6 Å². The first-order chi connectivity index (χ1) is 3.56. The fourth-order valence-corrected chi connectivity index (χ4v) is 1.09. The summed E-state index contributed by atoms with van der Waals surface area (Å²) in [5.41, 5.74) is 0. The van der Waals surface area contributed by atoms with Gasteiger partial charge in [0, 0.05) is 6.17 Å². The van der Waals surface area contributed by atoms with Crippen molar-refractivity contribution in [2.75, 3.05) is 12.7 Å². The van der Waals surface area contributed by atoms with E-state index in [0.29, 0.717) is 6.17 Å². The van der Waals surface area contributed by atoms with Crippen LogP contribution in [-0.4, -0.2) is 30.9 Å². The van der Waals surface area contributed by atoms with Crippen LogP contribution in [0.15, 0.2) is 0 Å². The third-order valence-electron chi connectivity index (χ3n) is 0.710. The summed E-state index contributed by atoms with van der Waals surface area (Å²) in [7, 11) is -2.79. The van der Waals surface area contributed by atoms with Gasteiger partial charge in [0.1, 0.15) is 0 Å². The van der Waals surface area contributed by atoms with E-state index in [0.717, 1.165) is 6.54 Å². The van der Waals surface area contributed by atoms with Gasteiger partial charge in [-0.3, -0.25) is 0 Å². The van der Waals surface area contributed by atoms with E-state index < -0.39 is 8.56 Å². The summed E-state index contributed by atoms with van der Waals surface area (Å²) in [4.78, 5) is 17.6. The molecule has 0 saturated carbocycles. The molecule has 0 aromatic heterocycles. The van der Waals surface area contributed by atoms with Gasteiger partial charge in [0.15, 0.2) is 0 Å². The summed E-state index contributed by atoms with van der Waals surface area (Å²) >= 11 is 0. The molecule has 0 fully saturated rings. The lowest BCUT2D eigenvalue weighted by atomic mass is 10.8. The van der Waals surface area contributed by atoms with Crippen molar-refractivity contribution in [3.63, 3.8) is 0 Å². The Balaban J connectivity index is 3.11. The molecule has 0 aromatic carbocycles. The lowest BCUT2D eigenvalue weighted by molar-refractivity contribution is 0.365. The molecule has 50 valence electrons. The Morgan fingerprint density at radius 2 is 2.00 bits per heavy atom. The van der Waals surface area contributed by atoms with Crippen LogP contribution in [0, 0.1) is 0 Å². The fraction of sp³-hybridized carbons (Fsp3) is 1.00. The molecule has 0 rings (SSSR count). The molecular formula is C4H13NO2Si. The topological polar surface area (TPSA) is 52.5 Å². The van der Waals surface area contributed by atoms with Crippen molar-refractivity contribution < 1.29 is 9.59 Å². The van der Waals surface area contributed by atoms with Crippen LogP contribution in [-0.2, 0) is 0 Å². The van der Waals surface area contributed by atoms with E-state index in [2.05, 4.69) is 5.32 Å². The molecule has 0 radical (unpaired) electrons. The summed E-state index contributed by atoms with van der Waals surface area (Å²) in [6, 6.07) is 0. The van der Waals surface area contributed by atoms with E-state index in [1.54, 1.807) is 0 Å². The molecule has 0 spiro atoms. The highest BCUT2D eigenvalue weighted by molar-refractivity contribution is 6.63. The number of rotatable bonds is 3. The first-order valence-corrected chi connectivity index (χ1v) is 5.32. The second kappa shape index (κ2) is 3.19. The minimum absolute atomic E-state index is 0.365. The maximum Gasteiger partial charge on any atom is 0.343 e. The first-order valence-electron chi connectivity index (χ1n) is 2.71. The van der Waals surface area contributed by atoms with Crippen LogP contribution in [0.5, 0.6) is 0 Å². The van der Waals surface area contributed by atoms with Crippen molar-refractivity contribution in [1.82, 2.24) is 5.32 Å². The van der Waals surface area contributed by atoms with E-state index in [1.807, 2.05) is 6.92 Å². The Morgan fingerprint density at radius 1 is 1.50 bits per heavy atom. The summed E-state index contributed by atoms with van der Waals surface area (Å²) in [5, 5.41) is 2.85. The average molecular weight is 135 g/mol. The van der Waals surface area contributed by atoms with E-state index in [9.17, 15) is 0 Å². The van der Waals surface area contributed by atoms with Gasteiger partial charge >= 0.3 is 8.56 Å². The molecule has 0 bridgehead atoms. The van der Waals surface area contributed by atoms with Crippen molar-refractivity contribution in [1.29, 1.82) is 0 Å². The zero-order valence-electron chi connectivity index (χ0n) is 5.31. The van der Waals surface area contributed by atoms with E-state index in [4.69, 9.17) is 9.59 Å². The quantitative estimate of drug-likeness (QED) is 0.444. The molecule has 3 nitrogen and oxygen atoms in total. The van der Waals surface area contributed by atoms with E-state index in [-0.39, 0.29) is 0 Å². The van der Waals surface area contributed by atoms with Crippen LogP contribution in [0.4, 0.5) is 0 Å². The van der Waals surface area contributed by atoms with Crippen molar-refractivity contribution in [3.8, 4) is 0 Å². The molecule has 3 N–H and O–H groups in total. The second-order valence-corrected chi connectivity index (χ2v) is 4.78. The van der Waals surface area contributed by atoms with Crippen molar-refractivity contribution >= 4 is 8.56 Å². The lowest BCUT2D eigenvalue weighted by Gasteiger charge is -2.10. The van der Waals surface area contributed by atoms with Crippen LogP contribution >= 0.6 is 0 Å². The molecule has 0 atom stereocenters. The number of nitrogens with one attached hydrogen (secondary N) is 1. The summed E-state index contributed by atoms with van der Waals surface area (Å²) < 4.78 is 0. The van der Waals surface area contributed by atoms with Gasteiger partial charge in [0.2, 0.25) is 0 Å². The maximum atomic E-state index is 8.78. The zero-order valence-corrected chi connectivity index (χ0v) is 6.31. The Kier molecular flexibility index (Phi) is 3.23. The molecule has 0 aromatic rings. The third-order valence-corrected chi connectivity index (χ3v) is 1.63. The van der Waals surface area contributed by atoms with Crippen LogP contribution in [0.25, 0.3) is 0 Å². The first kappa shape index (κ1) is 8.10. The Morgan fingerprint density at radius 3 is 2.12 bits per heavy atom. The highest BCUT2D eigenvalue weighted by Crippen LogP contribution is 1.84. The highest BCUT2D eigenvalue weighted by Gasteiger charge is 2.19. The summed E-state index contributed by atoms with van der Waals surface area (Å²) in [6.45, 7) is 4.21. The van der Waals surface area contributed by atoms with Gasteiger partial charge in [-0.15, -0.1) is 0 Å². The molecular weight excluding hydrogens is 122 g/mol. The molecule has 0 aliphatic heterocycles. The van der Waals surface area contributed by atoms with E-state index >= 15 is 0 Å². The van der Waals surface area contributed by atoms with Gasteiger partial charge in [0.05, 0.1) is 0 Å². The van der Waals surface area contributed by atoms with Gasteiger partial charge in [-0.05, 0) is 13.1 Å². The monoisotopic (exact) mass is 135 g/mol. The predicted octanol–water partition coefficient (Wildman–Crippen LogP) is -0.808. The Bertz CT molecular complexity index is 61.5. The molecule has 4 heteroatoms. The fourth-order valence-electron chi connectivity index (χ4n) is 0.362. The van der Waals surface area contributed by atoms with Crippen LogP contribution in [0.1, 0.15) is 6.92 Å².